The summed E-state index contributed by atoms with van der Waals surface area (Å²) in [5.41, 5.74) is 1.54. The molecule has 10 atom stereocenters. The molecular weight excluding hydrogens is 576 g/mol. The van der Waals surface area contributed by atoms with Gasteiger partial charge in [0, 0.05) is 11.5 Å². The number of carboxylic acid groups (broad SMARTS) is 1. The zero-order chi connectivity index (χ0) is 33.4. The molecule has 5 aliphatic rings. The Labute approximate surface area is 276 Å². The van der Waals surface area contributed by atoms with Gasteiger partial charge < -0.3 is 19.7 Å². The molecule has 2 N–H and O–H groups in total. The van der Waals surface area contributed by atoms with Gasteiger partial charge in [0.1, 0.15) is 6.10 Å². The lowest BCUT2D eigenvalue weighted by molar-refractivity contribution is -0.250. The second-order valence-corrected chi connectivity index (χ2v) is 17.2. The van der Waals surface area contributed by atoms with Crippen LogP contribution in [0.4, 0.5) is 0 Å². The van der Waals surface area contributed by atoms with E-state index in [-0.39, 0.29) is 45.4 Å². The van der Waals surface area contributed by atoms with Gasteiger partial charge in [-0.05, 0) is 141 Å². The average Bonchev–Trinajstić information content (AvgIpc) is 3.40. The Bertz CT molecular complexity index is 1440. The van der Waals surface area contributed by atoms with Crippen molar-refractivity contribution in [2.75, 3.05) is 7.11 Å². The van der Waals surface area contributed by atoms with Gasteiger partial charge in [0.25, 0.3) is 0 Å². The third kappa shape index (κ3) is 4.62. The number of benzene rings is 1. The van der Waals surface area contributed by atoms with Gasteiger partial charge in [0.05, 0.1) is 12.5 Å². The summed E-state index contributed by atoms with van der Waals surface area (Å²) in [7, 11) is 1.50. The van der Waals surface area contributed by atoms with Gasteiger partial charge in [0.2, 0.25) is 0 Å². The predicted molar refractivity (Wildman–Crippen MR) is 180 cm³/mol. The number of carboxylic acids is 1. The molecule has 6 heteroatoms. The van der Waals surface area contributed by atoms with E-state index in [1.807, 2.05) is 0 Å². The fourth-order valence-corrected chi connectivity index (χ4v) is 12.8. The van der Waals surface area contributed by atoms with Crippen molar-refractivity contribution >= 4 is 18.0 Å². The Morgan fingerprint density at radius 1 is 0.913 bits per heavy atom. The Morgan fingerprint density at radius 2 is 1.65 bits per heavy atom. The number of aliphatic carboxylic acids is 1. The van der Waals surface area contributed by atoms with Crippen LogP contribution in [0.2, 0.25) is 0 Å². The van der Waals surface area contributed by atoms with Crippen LogP contribution in [0.1, 0.15) is 111 Å². The summed E-state index contributed by atoms with van der Waals surface area (Å²) < 4.78 is 11.4. The number of fused-ring (bicyclic) bond motifs is 7. The van der Waals surface area contributed by atoms with Crippen molar-refractivity contribution in [3.05, 3.63) is 42.0 Å². The minimum Gasteiger partial charge on any atom is -0.504 e. The van der Waals surface area contributed by atoms with E-state index in [9.17, 15) is 19.8 Å². The van der Waals surface area contributed by atoms with E-state index in [0.717, 1.165) is 69.8 Å². The zero-order valence-corrected chi connectivity index (χ0v) is 29.2. The second-order valence-electron chi connectivity index (χ2n) is 17.2. The van der Waals surface area contributed by atoms with Gasteiger partial charge in [0.15, 0.2) is 11.5 Å². The maximum absolute atomic E-state index is 13.1. The zero-order valence-electron chi connectivity index (χ0n) is 29.2. The highest BCUT2D eigenvalue weighted by molar-refractivity contribution is 5.87. The van der Waals surface area contributed by atoms with E-state index in [1.165, 1.54) is 18.8 Å². The van der Waals surface area contributed by atoms with Gasteiger partial charge in [-0.2, -0.15) is 0 Å². The van der Waals surface area contributed by atoms with Gasteiger partial charge in [-0.25, -0.2) is 4.79 Å². The van der Waals surface area contributed by atoms with Crippen LogP contribution in [0.25, 0.3) is 6.08 Å². The standard InChI is InChI=1S/C40H56O6/c1-24(2)26-15-20-40(35(43)44)22-21-38(6)27(34(26)40)11-13-31-37(5)18-17-32(36(3,4)30(37)16-19-39(31,38)7)46-33(42)14-10-25-9-12-28(41)29(23-25)45-8/h9-10,12,14,23,26-27,30-32,34,41H,1,11,13,15-22H2,2-8H3,(H,43,44)/b14-10+/t26-,27+,30-,31+,32-,34-,37+,38+,39+,40-/m0/s1. The lowest BCUT2D eigenvalue weighted by atomic mass is 9.32. The summed E-state index contributed by atoms with van der Waals surface area (Å²) in [4.78, 5) is 26.1. The van der Waals surface area contributed by atoms with Crippen molar-refractivity contribution in [1.29, 1.82) is 0 Å². The highest BCUT2D eigenvalue weighted by Crippen LogP contribution is 2.77. The monoisotopic (exact) mass is 632 g/mol. The summed E-state index contributed by atoms with van der Waals surface area (Å²) >= 11 is 0. The maximum atomic E-state index is 13.1. The fraction of sp³-hybridized carbons (Fsp3) is 0.700. The van der Waals surface area contributed by atoms with E-state index >= 15 is 0 Å². The normalized spacial score (nSPS) is 42.7. The van der Waals surface area contributed by atoms with Crippen LogP contribution >= 0.6 is 0 Å². The number of methoxy groups -OCH3 is 1. The van der Waals surface area contributed by atoms with Crippen molar-refractivity contribution in [3.63, 3.8) is 0 Å². The number of hydrogen-bond donors (Lipinski definition) is 2. The van der Waals surface area contributed by atoms with Crippen molar-refractivity contribution in [1.82, 2.24) is 0 Å². The second kappa shape index (κ2) is 11.2. The van der Waals surface area contributed by atoms with Gasteiger partial charge in [-0.15, -0.1) is 0 Å². The van der Waals surface area contributed by atoms with Crippen LogP contribution in [-0.2, 0) is 14.3 Å². The molecule has 46 heavy (non-hydrogen) atoms. The third-order valence-corrected chi connectivity index (χ3v) is 15.3. The van der Waals surface area contributed by atoms with Crippen LogP contribution in [0.3, 0.4) is 0 Å². The number of rotatable bonds is 6. The third-order valence-electron chi connectivity index (χ3n) is 15.3. The molecule has 5 aliphatic carbocycles. The first-order valence-corrected chi connectivity index (χ1v) is 17.7. The van der Waals surface area contributed by atoms with Gasteiger partial charge in [-0.1, -0.05) is 52.8 Å². The van der Waals surface area contributed by atoms with E-state index in [0.29, 0.717) is 29.4 Å². The minimum absolute atomic E-state index is 0.0618. The molecule has 0 amide bonds. The molecule has 1 aromatic rings. The number of carbonyl (C=O) groups excluding carboxylic acids is 1. The lowest BCUT2D eigenvalue weighted by Crippen LogP contribution is -2.67. The smallest absolute Gasteiger partial charge is 0.331 e. The number of phenols is 1. The van der Waals surface area contributed by atoms with Crippen LogP contribution in [-0.4, -0.2) is 35.4 Å². The van der Waals surface area contributed by atoms with Crippen molar-refractivity contribution < 1.29 is 29.3 Å². The fourth-order valence-electron chi connectivity index (χ4n) is 12.8. The van der Waals surface area contributed by atoms with Crippen LogP contribution in [0.15, 0.2) is 36.4 Å². The summed E-state index contributed by atoms with van der Waals surface area (Å²) in [5.74, 6) is 1.42. The highest BCUT2D eigenvalue weighted by Gasteiger charge is 2.72. The SMILES string of the molecule is C=C(C)[C@@H]1CC[C@]2(C(=O)O)CC[C@]3(C)[C@H](CC[C@@H]4[C@]5(C)CC[C@H](OC(=O)/C=C/c6ccc(O)c(OC)c6)C(C)(C)[C@@H]5CC[C@]43C)[C@H]12. The minimum atomic E-state index is -0.592. The van der Waals surface area contributed by atoms with Crippen molar-refractivity contribution in [2.45, 2.75) is 112 Å². The lowest BCUT2D eigenvalue weighted by Gasteiger charge is -2.72. The number of hydrogen-bond acceptors (Lipinski definition) is 5. The van der Waals surface area contributed by atoms with E-state index in [1.54, 1.807) is 24.3 Å². The van der Waals surface area contributed by atoms with E-state index in [4.69, 9.17) is 9.47 Å². The van der Waals surface area contributed by atoms with Gasteiger partial charge >= 0.3 is 11.9 Å². The largest absolute Gasteiger partial charge is 0.504 e. The number of ether oxygens (including phenoxy) is 2. The molecule has 0 saturated heterocycles. The summed E-state index contributed by atoms with van der Waals surface area (Å²) in [6, 6.07) is 5.00. The number of phenolic OH excluding ortho intramolecular Hbond substituents is 1. The summed E-state index contributed by atoms with van der Waals surface area (Å²) in [6.45, 7) is 18.8. The first-order chi connectivity index (χ1) is 21.5. The van der Waals surface area contributed by atoms with E-state index in [2.05, 4.69) is 48.1 Å². The van der Waals surface area contributed by atoms with Crippen molar-refractivity contribution in [3.8, 4) is 11.5 Å². The molecular formula is C40H56O6. The first-order valence-electron chi connectivity index (χ1n) is 17.7. The molecule has 252 valence electrons. The van der Waals surface area contributed by atoms with E-state index < -0.39 is 11.4 Å². The number of esters is 1. The molecule has 5 saturated carbocycles. The molecule has 0 heterocycles. The number of aromatic hydroxyl groups is 1. The Kier molecular flexibility index (Phi) is 8.04. The molecule has 0 spiro atoms. The van der Waals surface area contributed by atoms with Gasteiger partial charge in [-0.3, -0.25) is 4.79 Å². The van der Waals surface area contributed by atoms with Crippen LogP contribution < -0.4 is 4.74 Å². The molecule has 0 aromatic heterocycles. The summed E-state index contributed by atoms with van der Waals surface area (Å²) in [5, 5.41) is 20.5. The predicted octanol–water partition coefficient (Wildman–Crippen LogP) is 9.07. The Hall–Kier alpha value is -2.76. The number of allylic oxidation sites excluding steroid dienone is 1. The average molecular weight is 633 g/mol. The Balaban J connectivity index is 1.23. The summed E-state index contributed by atoms with van der Waals surface area (Å²) in [6.07, 6.45) is 13.0. The molecule has 5 fully saturated rings. The number of carbonyl (C=O) groups is 2. The molecule has 0 bridgehead atoms. The first kappa shape index (κ1) is 33.2. The molecule has 6 rings (SSSR count). The molecule has 0 radical (unpaired) electrons. The topological polar surface area (TPSA) is 93.1 Å². The Morgan fingerprint density at radius 3 is 2.33 bits per heavy atom. The van der Waals surface area contributed by atoms with Crippen molar-refractivity contribution in [2.24, 2.45) is 56.7 Å². The molecule has 0 unspecified atom stereocenters. The maximum Gasteiger partial charge on any atom is 0.331 e. The molecule has 6 nitrogen and oxygen atoms in total. The molecule has 0 aliphatic heterocycles. The highest BCUT2D eigenvalue weighted by atomic mass is 16.5. The molecule has 1 aromatic carbocycles. The quantitative estimate of drug-likeness (QED) is 0.185. The van der Waals surface area contributed by atoms with Crippen LogP contribution in [0.5, 0.6) is 11.5 Å². The van der Waals surface area contributed by atoms with Crippen LogP contribution in [0, 0.1) is 56.7 Å².